The van der Waals surface area contributed by atoms with Crippen molar-refractivity contribution in [1.29, 1.82) is 0 Å². The summed E-state index contributed by atoms with van der Waals surface area (Å²) in [6.07, 6.45) is 3.66. The van der Waals surface area contributed by atoms with Crippen molar-refractivity contribution in [3.8, 4) is 0 Å². The lowest BCUT2D eigenvalue weighted by molar-refractivity contribution is 0.0939. The molecule has 0 spiro atoms. The smallest absolute Gasteiger partial charge is 0.116 e. The number of ether oxygens (including phenoxy) is 1. The maximum atomic E-state index is 5.50. The van der Waals surface area contributed by atoms with E-state index in [9.17, 15) is 0 Å². The molecule has 1 aromatic carbocycles. The average Bonchev–Trinajstić information content (AvgIpc) is 2.39. The summed E-state index contributed by atoms with van der Waals surface area (Å²) < 4.78 is 5.50. The lowest BCUT2D eigenvalue weighted by Gasteiger charge is -2.17. The van der Waals surface area contributed by atoms with Crippen LogP contribution in [0.4, 0.5) is 5.69 Å². The van der Waals surface area contributed by atoms with Crippen LogP contribution in [-0.4, -0.2) is 25.9 Å². The van der Waals surface area contributed by atoms with Crippen molar-refractivity contribution in [2.24, 2.45) is 0 Å². The van der Waals surface area contributed by atoms with E-state index in [1.165, 1.54) is 16.7 Å². The molecule has 1 aliphatic rings. The van der Waals surface area contributed by atoms with E-state index < -0.39 is 0 Å². The van der Waals surface area contributed by atoms with Crippen LogP contribution in [0.3, 0.4) is 0 Å². The third-order valence-corrected chi connectivity index (χ3v) is 3.33. The van der Waals surface area contributed by atoms with Crippen molar-refractivity contribution >= 4 is 11.3 Å². The molecule has 2 rings (SSSR count). The highest BCUT2D eigenvalue weighted by Gasteiger charge is 2.08. The average molecular weight is 260 g/mol. The molecule has 19 heavy (non-hydrogen) atoms. The molecule has 0 unspecified atom stereocenters. The third-order valence-electron chi connectivity index (χ3n) is 3.33. The second-order valence-electron chi connectivity index (χ2n) is 5.25. The molecule has 1 aliphatic heterocycles. The fourth-order valence-electron chi connectivity index (χ4n) is 2.29. The monoisotopic (exact) mass is 260 g/mol. The van der Waals surface area contributed by atoms with E-state index in [2.05, 4.69) is 41.8 Å². The van der Waals surface area contributed by atoms with Gasteiger partial charge in [-0.1, -0.05) is 12.1 Å². The Balaban J connectivity index is 2.02. The fraction of sp³-hybridized carbons (Fsp3) is 0.500. The molecule has 0 radical (unpaired) electrons. The standard InChI is InChI=1S/C16H24N2O/c1-12(2)19-11-18-15-4-5-16(13(3)10-15)14-6-8-17-9-7-14/h4-6,10,12,17-18H,7-9,11H2,1-3H3. The Morgan fingerprint density at radius 3 is 2.84 bits per heavy atom. The van der Waals surface area contributed by atoms with Gasteiger partial charge in [0.2, 0.25) is 0 Å². The second-order valence-corrected chi connectivity index (χ2v) is 5.25. The molecule has 3 nitrogen and oxygen atoms in total. The largest absolute Gasteiger partial charge is 0.363 e. The first-order valence-corrected chi connectivity index (χ1v) is 7.03. The van der Waals surface area contributed by atoms with E-state index in [0.717, 1.165) is 25.2 Å². The maximum Gasteiger partial charge on any atom is 0.116 e. The molecule has 0 atom stereocenters. The molecule has 0 fully saturated rings. The molecule has 0 amide bonds. The number of rotatable bonds is 5. The summed E-state index contributed by atoms with van der Waals surface area (Å²) in [5.74, 6) is 0. The van der Waals surface area contributed by atoms with Crippen LogP contribution in [0.1, 0.15) is 31.4 Å². The minimum absolute atomic E-state index is 0.257. The number of anilines is 1. The molecule has 0 aromatic heterocycles. The van der Waals surface area contributed by atoms with Crippen LogP contribution in [0.5, 0.6) is 0 Å². The van der Waals surface area contributed by atoms with E-state index in [4.69, 9.17) is 4.74 Å². The number of hydrogen-bond donors (Lipinski definition) is 2. The first-order chi connectivity index (χ1) is 9.16. The second kappa shape index (κ2) is 6.73. The summed E-state index contributed by atoms with van der Waals surface area (Å²) in [6.45, 7) is 8.87. The minimum Gasteiger partial charge on any atom is -0.363 e. The van der Waals surface area contributed by atoms with E-state index in [0.29, 0.717) is 6.73 Å². The Morgan fingerprint density at radius 1 is 1.37 bits per heavy atom. The predicted molar refractivity (Wildman–Crippen MR) is 81.4 cm³/mol. The van der Waals surface area contributed by atoms with Crippen molar-refractivity contribution in [1.82, 2.24) is 5.32 Å². The van der Waals surface area contributed by atoms with Gasteiger partial charge in [-0.2, -0.15) is 0 Å². The third kappa shape index (κ3) is 4.08. The molecule has 2 N–H and O–H groups in total. The van der Waals surface area contributed by atoms with E-state index >= 15 is 0 Å². The highest BCUT2D eigenvalue weighted by molar-refractivity contribution is 5.71. The summed E-state index contributed by atoms with van der Waals surface area (Å²) in [7, 11) is 0. The number of nitrogens with one attached hydrogen (secondary N) is 2. The molecule has 1 heterocycles. The van der Waals surface area contributed by atoms with Crippen LogP contribution in [0.2, 0.25) is 0 Å². The molecule has 0 aliphatic carbocycles. The fourth-order valence-corrected chi connectivity index (χ4v) is 2.29. The normalized spacial score (nSPS) is 15.5. The Bertz CT molecular complexity index is 452. The van der Waals surface area contributed by atoms with Gasteiger partial charge in [-0.3, -0.25) is 0 Å². The molecule has 104 valence electrons. The van der Waals surface area contributed by atoms with Crippen LogP contribution < -0.4 is 10.6 Å². The Labute approximate surface area is 116 Å². The summed E-state index contributed by atoms with van der Waals surface area (Å²) in [5.41, 5.74) is 5.28. The van der Waals surface area contributed by atoms with Gasteiger partial charge in [0, 0.05) is 12.2 Å². The van der Waals surface area contributed by atoms with E-state index in [-0.39, 0.29) is 6.10 Å². The lowest BCUT2D eigenvalue weighted by Crippen LogP contribution is -2.20. The van der Waals surface area contributed by atoms with Crippen molar-refractivity contribution < 1.29 is 4.74 Å². The van der Waals surface area contributed by atoms with Gasteiger partial charge >= 0.3 is 0 Å². The SMILES string of the molecule is Cc1cc(NCOC(C)C)ccc1C1=CCNCC1. The highest BCUT2D eigenvalue weighted by Crippen LogP contribution is 2.25. The molecule has 0 saturated heterocycles. The van der Waals surface area contributed by atoms with Gasteiger partial charge in [0.15, 0.2) is 0 Å². The van der Waals surface area contributed by atoms with Gasteiger partial charge in [-0.05, 0) is 62.6 Å². The van der Waals surface area contributed by atoms with E-state index in [1.807, 2.05) is 13.8 Å². The first-order valence-electron chi connectivity index (χ1n) is 7.03. The summed E-state index contributed by atoms with van der Waals surface area (Å²) >= 11 is 0. The number of benzene rings is 1. The zero-order chi connectivity index (χ0) is 13.7. The van der Waals surface area contributed by atoms with Crippen LogP contribution in [0.25, 0.3) is 5.57 Å². The molecule has 1 aromatic rings. The molecule has 3 heteroatoms. The minimum atomic E-state index is 0.257. The summed E-state index contributed by atoms with van der Waals surface area (Å²) in [4.78, 5) is 0. The van der Waals surface area contributed by atoms with Gasteiger partial charge in [0.25, 0.3) is 0 Å². The van der Waals surface area contributed by atoms with Gasteiger partial charge in [-0.15, -0.1) is 0 Å². The van der Waals surface area contributed by atoms with Gasteiger partial charge in [0.05, 0.1) is 6.10 Å². The maximum absolute atomic E-state index is 5.50. The molecular weight excluding hydrogens is 236 g/mol. The predicted octanol–water partition coefficient (Wildman–Crippen LogP) is 3.17. The van der Waals surface area contributed by atoms with Crippen molar-refractivity contribution in [2.75, 3.05) is 25.1 Å². The summed E-state index contributed by atoms with van der Waals surface area (Å²) in [5, 5.41) is 6.64. The van der Waals surface area contributed by atoms with Crippen LogP contribution >= 0.6 is 0 Å². The number of aryl methyl sites for hydroxylation is 1. The van der Waals surface area contributed by atoms with Crippen LogP contribution in [-0.2, 0) is 4.74 Å². The topological polar surface area (TPSA) is 33.3 Å². The Morgan fingerprint density at radius 2 is 2.21 bits per heavy atom. The number of hydrogen-bond acceptors (Lipinski definition) is 3. The van der Waals surface area contributed by atoms with Crippen LogP contribution in [0.15, 0.2) is 24.3 Å². The van der Waals surface area contributed by atoms with Gasteiger partial charge < -0.3 is 15.4 Å². The van der Waals surface area contributed by atoms with Crippen molar-refractivity contribution in [3.63, 3.8) is 0 Å². The summed E-state index contributed by atoms with van der Waals surface area (Å²) in [6, 6.07) is 6.54. The molecular formula is C16H24N2O. The van der Waals surface area contributed by atoms with Gasteiger partial charge in [0.1, 0.15) is 6.73 Å². The Hall–Kier alpha value is -1.32. The van der Waals surface area contributed by atoms with E-state index in [1.54, 1.807) is 0 Å². The Kier molecular flexibility index (Phi) is 5.00. The zero-order valence-electron chi connectivity index (χ0n) is 12.1. The van der Waals surface area contributed by atoms with Crippen molar-refractivity contribution in [2.45, 2.75) is 33.3 Å². The molecule has 0 saturated carbocycles. The quantitative estimate of drug-likeness (QED) is 0.798. The zero-order valence-corrected chi connectivity index (χ0v) is 12.1. The molecule has 0 bridgehead atoms. The van der Waals surface area contributed by atoms with Gasteiger partial charge in [-0.25, -0.2) is 0 Å². The highest BCUT2D eigenvalue weighted by atomic mass is 16.5. The van der Waals surface area contributed by atoms with Crippen LogP contribution in [0, 0.1) is 6.92 Å². The first kappa shape index (κ1) is 14.1. The lowest BCUT2D eigenvalue weighted by atomic mass is 9.96. The van der Waals surface area contributed by atoms with Crippen molar-refractivity contribution in [3.05, 3.63) is 35.4 Å².